The topological polar surface area (TPSA) is 60.7 Å². The maximum atomic E-state index is 9.90. The summed E-state index contributed by atoms with van der Waals surface area (Å²) in [6, 6.07) is 14.7. The third kappa shape index (κ3) is 5.11. The molecule has 1 atom stereocenters. The van der Waals surface area contributed by atoms with Gasteiger partial charge in [-0.25, -0.2) is 0 Å². The first kappa shape index (κ1) is 15.9. The Bertz CT molecular complexity index is 645. The number of phenols is 2. The third-order valence-corrected chi connectivity index (χ3v) is 3.30. The number of aryl methyl sites for hydroxylation is 1. The van der Waals surface area contributed by atoms with Crippen molar-refractivity contribution in [1.29, 1.82) is 0 Å². The van der Waals surface area contributed by atoms with Crippen LogP contribution in [0.4, 0.5) is 0 Å². The van der Waals surface area contributed by atoms with E-state index in [1.807, 2.05) is 48.6 Å². The second-order valence-electron chi connectivity index (χ2n) is 5.08. The summed E-state index contributed by atoms with van der Waals surface area (Å²) in [6.45, 7) is 0. The van der Waals surface area contributed by atoms with Crippen molar-refractivity contribution < 1.29 is 15.3 Å². The molecule has 3 N–H and O–H groups in total. The van der Waals surface area contributed by atoms with Gasteiger partial charge >= 0.3 is 0 Å². The lowest BCUT2D eigenvalue weighted by Gasteiger charge is -2.06. The van der Waals surface area contributed by atoms with Crippen LogP contribution >= 0.6 is 0 Å². The number of hydrogen-bond acceptors (Lipinski definition) is 3. The van der Waals surface area contributed by atoms with Gasteiger partial charge in [-0.15, -0.1) is 0 Å². The van der Waals surface area contributed by atoms with Gasteiger partial charge in [0.2, 0.25) is 0 Å². The first-order valence-corrected chi connectivity index (χ1v) is 7.24. The molecule has 3 heteroatoms. The Balaban J connectivity index is 1.80. The SMILES string of the molecule is Oc1ccc(CC[C@@H](O)/C=C/C=C/c2ccccc2)cc1O. The monoisotopic (exact) mass is 296 g/mol. The maximum Gasteiger partial charge on any atom is 0.157 e. The highest BCUT2D eigenvalue weighted by molar-refractivity contribution is 5.50. The molecule has 3 nitrogen and oxygen atoms in total. The zero-order valence-electron chi connectivity index (χ0n) is 12.3. The molecule has 0 saturated heterocycles. The van der Waals surface area contributed by atoms with Crippen molar-refractivity contribution in [3.63, 3.8) is 0 Å². The lowest BCUT2D eigenvalue weighted by molar-refractivity contribution is 0.213. The molecular weight excluding hydrogens is 276 g/mol. The van der Waals surface area contributed by atoms with Gasteiger partial charge in [0, 0.05) is 0 Å². The van der Waals surface area contributed by atoms with E-state index < -0.39 is 6.10 Å². The number of aliphatic hydroxyl groups excluding tert-OH is 1. The van der Waals surface area contributed by atoms with Crippen molar-refractivity contribution in [2.24, 2.45) is 0 Å². The Morgan fingerprint density at radius 3 is 2.41 bits per heavy atom. The summed E-state index contributed by atoms with van der Waals surface area (Å²) < 4.78 is 0. The summed E-state index contributed by atoms with van der Waals surface area (Å²) in [5, 5.41) is 28.6. The van der Waals surface area contributed by atoms with E-state index in [1.165, 1.54) is 12.1 Å². The minimum Gasteiger partial charge on any atom is -0.504 e. The van der Waals surface area contributed by atoms with Crippen LogP contribution in [0.1, 0.15) is 17.5 Å². The molecular formula is C19H20O3. The minimum atomic E-state index is -0.545. The molecule has 0 fully saturated rings. The largest absolute Gasteiger partial charge is 0.504 e. The van der Waals surface area contributed by atoms with E-state index in [0.717, 1.165) is 11.1 Å². The molecule has 2 aromatic carbocycles. The molecule has 0 saturated carbocycles. The van der Waals surface area contributed by atoms with Crippen LogP contribution in [0.2, 0.25) is 0 Å². The van der Waals surface area contributed by atoms with E-state index in [1.54, 1.807) is 12.1 Å². The van der Waals surface area contributed by atoms with Gasteiger partial charge in [0.15, 0.2) is 11.5 Å². The Morgan fingerprint density at radius 1 is 0.909 bits per heavy atom. The Labute approximate surface area is 130 Å². The molecule has 0 aliphatic carbocycles. The summed E-state index contributed by atoms with van der Waals surface area (Å²) in [5.41, 5.74) is 1.99. The molecule has 114 valence electrons. The van der Waals surface area contributed by atoms with Crippen LogP contribution < -0.4 is 0 Å². The zero-order valence-corrected chi connectivity index (χ0v) is 12.3. The number of rotatable bonds is 6. The lowest BCUT2D eigenvalue weighted by atomic mass is 10.1. The normalized spacial score (nSPS) is 13.0. The van der Waals surface area contributed by atoms with Crippen molar-refractivity contribution in [2.45, 2.75) is 18.9 Å². The molecule has 22 heavy (non-hydrogen) atoms. The third-order valence-electron chi connectivity index (χ3n) is 3.30. The number of aliphatic hydroxyl groups is 1. The van der Waals surface area contributed by atoms with Crippen molar-refractivity contribution >= 4 is 6.08 Å². The molecule has 0 spiro atoms. The van der Waals surface area contributed by atoms with Gasteiger partial charge in [-0.05, 0) is 36.1 Å². The van der Waals surface area contributed by atoms with Gasteiger partial charge in [-0.1, -0.05) is 60.7 Å². The van der Waals surface area contributed by atoms with E-state index in [2.05, 4.69) is 0 Å². The van der Waals surface area contributed by atoms with Gasteiger partial charge < -0.3 is 15.3 Å². The summed E-state index contributed by atoms with van der Waals surface area (Å²) in [6.07, 6.45) is 8.07. The average Bonchev–Trinajstić information content (AvgIpc) is 2.54. The predicted octanol–water partition coefficient (Wildman–Crippen LogP) is 3.66. The molecule has 0 radical (unpaired) electrons. The van der Waals surface area contributed by atoms with E-state index in [0.29, 0.717) is 12.8 Å². The van der Waals surface area contributed by atoms with Gasteiger partial charge in [-0.3, -0.25) is 0 Å². The van der Waals surface area contributed by atoms with Crippen LogP contribution in [0, 0.1) is 0 Å². The summed E-state index contributed by atoms with van der Waals surface area (Å²) in [5.74, 6) is -0.261. The number of phenolic OH excluding ortho intramolecular Hbond substituents is 2. The average molecular weight is 296 g/mol. The van der Waals surface area contributed by atoms with Crippen LogP contribution in [0.15, 0.2) is 66.8 Å². The van der Waals surface area contributed by atoms with Crippen LogP contribution in [0.5, 0.6) is 11.5 Å². The van der Waals surface area contributed by atoms with Gasteiger partial charge in [0.1, 0.15) is 0 Å². The Kier molecular flexibility index (Phi) is 5.81. The molecule has 0 bridgehead atoms. The molecule has 0 aliphatic heterocycles. The van der Waals surface area contributed by atoms with Crippen LogP contribution in [-0.4, -0.2) is 21.4 Å². The van der Waals surface area contributed by atoms with Gasteiger partial charge in [0.25, 0.3) is 0 Å². The van der Waals surface area contributed by atoms with Gasteiger partial charge in [-0.2, -0.15) is 0 Å². The second-order valence-corrected chi connectivity index (χ2v) is 5.08. The number of allylic oxidation sites excluding steroid dienone is 2. The van der Waals surface area contributed by atoms with E-state index >= 15 is 0 Å². The molecule has 0 amide bonds. The zero-order chi connectivity index (χ0) is 15.8. The fourth-order valence-corrected chi connectivity index (χ4v) is 2.06. The van der Waals surface area contributed by atoms with E-state index in [9.17, 15) is 15.3 Å². The van der Waals surface area contributed by atoms with E-state index in [-0.39, 0.29) is 11.5 Å². The number of aromatic hydroxyl groups is 2. The number of hydrogen-bond donors (Lipinski definition) is 3. The first-order valence-electron chi connectivity index (χ1n) is 7.24. The Morgan fingerprint density at radius 2 is 1.68 bits per heavy atom. The first-order chi connectivity index (χ1) is 10.6. The van der Waals surface area contributed by atoms with Crippen molar-refractivity contribution in [3.8, 4) is 11.5 Å². The fraction of sp³-hybridized carbons (Fsp3) is 0.158. The standard InChI is InChI=1S/C19H20O3/c20-17(9-5-4-8-15-6-2-1-3-7-15)12-10-16-11-13-18(21)19(22)14-16/h1-9,11,13-14,17,20-22H,10,12H2/b8-4+,9-5+/t17-/m0/s1. The molecule has 0 unspecified atom stereocenters. The number of benzene rings is 2. The molecule has 2 rings (SSSR count). The minimum absolute atomic E-state index is 0.129. The van der Waals surface area contributed by atoms with Crippen LogP contribution in [0.25, 0.3) is 6.08 Å². The predicted molar refractivity (Wildman–Crippen MR) is 88.7 cm³/mol. The maximum absolute atomic E-state index is 9.90. The van der Waals surface area contributed by atoms with Crippen molar-refractivity contribution in [2.75, 3.05) is 0 Å². The summed E-state index contributed by atoms with van der Waals surface area (Å²) >= 11 is 0. The highest BCUT2D eigenvalue weighted by atomic mass is 16.3. The molecule has 0 aliphatic rings. The smallest absolute Gasteiger partial charge is 0.157 e. The second kappa shape index (κ2) is 8.05. The molecule has 0 aromatic heterocycles. The fourth-order valence-electron chi connectivity index (χ4n) is 2.06. The van der Waals surface area contributed by atoms with Crippen molar-refractivity contribution in [3.05, 3.63) is 77.9 Å². The lowest BCUT2D eigenvalue weighted by Crippen LogP contribution is -2.03. The highest BCUT2D eigenvalue weighted by Gasteiger charge is 2.03. The van der Waals surface area contributed by atoms with E-state index in [4.69, 9.17) is 0 Å². The quantitative estimate of drug-likeness (QED) is 0.563. The summed E-state index contributed by atoms with van der Waals surface area (Å²) in [7, 11) is 0. The van der Waals surface area contributed by atoms with Gasteiger partial charge in [0.05, 0.1) is 6.10 Å². The highest BCUT2D eigenvalue weighted by Crippen LogP contribution is 2.25. The van der Waals surface area contributed by atoms with Crippen LogP contribution in [0.3, 0.4) is 0 Å². The van der Waals surface area contributed by atoms with Crippen molar-refractivity contribution in [1.82, 2.24) is 0 Å². The van der Waals surface area contributed by atoms with Crippen LogP contribution in [-0.2, 0) is 6.42 Å². The molecule has 0 heterocycles. The Hall–Kier alpha value is -2.52. The molecule has 2 aromatic rings. The summed E-state index contributed by atoms with van der Waals surface area (Å²) in [4.78, 5) is 0.